The second-order valence-corrected chi connectivity index (χ2v) is 4.73. The van der Waals surface area contributed by atoms with E-state index >= 15 is 0 Å². The van der Waals surface area contributed by atoms with Gasteiger partial charge in [-0.25, -0.2) is 9.78 Å². The summed E-state index contributed by atoms with van der Waals surface area (Å²) in [6.45, 7) is 0.587. The predicted octanol–water partition coefficient (Wildman–Crippen LogP) is 2.72. The summed E-state index contributed by atoms with van der Waals surface area (Å²) >= 11 is 3.14. The monoisotopic (exact) mass is 285 g/mol. The molecule has 1 aromatic heterocycles. The molecule has 0 bridgehead atoms. The van der Waals surface area contributed by atoms with Crippen LogP contribution in [0.15, 0.2) is 16.9 Å². The number of aromatic nitrogens is 1. The molecule has 1 aromatic rings. The highest BCUT2D eigenvalue weighted by Crippen LogP contribution is 2.28. The quantitative estimate of drug-likeness (QED) is 0.864. The van der Waals surface area contributed by atoms with Gasteiger partial charge in [-0.05, 0) is 40.8 Å². The third-order valence-electron chi connectivity index (χ3n) is 2.76. The Morgan fingerprint density at radius 1 is 1.62 bits per heavy atom. The number of hydrogen-bond donors (Lipinski definition) is 1. The minimum absolute atomic E-state index is 0.154. The van der Waals surface area contributed by atoms with Crippen LogP contribution in [0, 0.1) is 5.92 Å². The summed E-state index contributed by atoms with van der Waals surface area (Å²) in [7, 11) is 0. The molecule has 0 spiro atoms. The maximum atomic E-state index is 11.0. The van der Waals surface area contributed by atoms with Gasteiger partial charge in [-0.2, -0.15) is 0 Å². The Balaban J connectivity index is 2.08. The number of pyridine rings is 1. The van der Waals surface area contributed by atoms with Gasteiger partial charge in [-0.3, -0.25) is 0 Å². The Bertz CT molecular complexity index is 404. The van der Waals surface area contributed by atoms with E-state index < -0.39 is 5.97 Å². The molecule has 0 unspecified atom stereocenters. The molecule has 1 aliphatic rings. The molecule has 5 heteroatoms. The van der Waals surface area contributed by atoms with Gasteiger partial charge >= 0.3 is 5.97 Å². The SMILES string of the molecule is O=C(O)c1cc(Br)ncc1OCC1CCC1. The fraction of sp³-hybridized carbons (Fsp3) is 0.455. The van der Waals surface area contributed by atoms with Crippen molar-refractivity contribution < 1.29 is 14.6 Å². The lowest BCUT2D eigenvalue weighted by atomic mass is 9.86. The number of carbonyl (C=O) groups is 1. The molecule has 0 radical (unpaired) electrons. The number of rotatable bonds is 4. The Labute approximate surface area is 102 Å². The number of ether oxygens (including phenoxy) is 1. The summed E-state index contributed by atoms with van der Waals surface area (Å²) in [4.78, 5) is 14.9. The molecule has 1 aliphatic carbocycles. The Hall–Kier alpha value is -1.10. The minimum atomic E-state index is -0.994. The van der Waals surface area contributed by atoms with E-state index in [9.17, 15) is 4.79 Å². The molecule has 16 heavy (non-hydrogen) atoms. The molecule has 0 saturated heterocycles. The standard InChI is InChI=1S/C11H12BrNO3/c12-10-4-8(11(14)15)9(5-13-10)16-6-7-2-1-3-7/h4-5,7H,1-3,6H2,(H,14,15). The van der Waals surface area contributed by atoms with Crippen LogP contribution in [0.1, 0.15) is 29.6 Å². The van der Waals surface area contributed by atoms with Gasteiger partial charge in [0.15, 0.2) is 5.75 Å². The van der Waals surface area contributed by atoms with Crippen molar-refractivity contribution in [1.29, 1.82) is 0 Å². The highest BCUT2D eigenvalue weighted by atomic mass is 79.9. The topological polar surface area (TPSA) is 59.4 Å². The van der Waals surface area contributed by atoms with Gasteiger partial charge in [-0.15, -0.1) is 0 Å². The third kappa shape index (κ3) is 2.52. The summed E-state index contributed by atoms with van der Waals surface area (Å²) < 4.78 is 5.99. The van der Waals surface area contributed by atoms with Crippen molar-refractivity contribution in [2.75, 3.05) is 6.61 Å². The third-order valence-corrected chi connectivity index (χ3v) is 3.20. The maximum absolute atomic E-state index is 11.0. The molecule has 0 aromatic carbocycles. The zero-order chi connectivity index (χ0) is 11.5. The first-order valence-electron chi connectivity index (χ1n) is 5.18. The summed E-state index contributed by atoms with van der Waals surface area (Å²) in [5, 5.41) is 9.00. The van der Waals surface area contributed by atoms with Gasteiger partial charge in [0.2, 0.25) is 0 Å². The van der Waals surface area contributed by atoms with Crippen molar-refractivity contribution in [2.45, 2.75) is 19.3 Å². The fourth-order valence-corrected chi connectivity index (χ4v) is 1.90. The van der Waals surface area contributed by atoms with Crippen molar-refractivity contribution in [3.8, 4) is 5.75 Å². The molecule has 1 N–H and O–H groups in total. The highest BCUT2D eigenvalue weighted by Gasteiger charge is 2.20. The maximum Gasteiger partial charge on any atom is 0.339 e. The van der Waals surface area contributed by atoms with Crippen molar-refractivity contribution in [3.63, 3.8) is 0 Å². The van der Waals surface area contributed by atoms with Crippen LogP contribution in [0.3, 0.4) is 0 Å². The van der Waals surface area contributed by atoms with Crippen molar-refractivity contribution in [1.82, 2.24) is 4.98 Å². The number of nitrogens with zero attached hydrogens (tertiary/aromatic N) is 1. The molecule has 1 fully saturated rings. The number of hydrogen-bond acceptors (Lipinski definition) is 3. The molecule has 86 valence electrons. The largest absolute Gasteiger partial charge is 0.491 e. The summed E-state index contributed by atoms with van der Waals surface area (Å²) in [5.41, 5.74) is 0.154. The number of carboxylic acid groups (broad SMARTS) is 1. The molecule has 0 amide bonds. The molecule has 0 aliphatic heterocycles. The van der Waals surface area contributed by atoms with Gasteiger partial charge in [0.1, 0.15) is 10.2 Å². The fourth-order valence-electron chi connectivity index (χ4n) is 1.57. The van der Waals surface area contributed by atoms with Crippen molar-refractivity contribution in [2.24, 2.45) is 5.92 Å². The summed E-state index contributed by atoms with van der Waals surface area (Å²) in [5.74, 6) is -0.0698. The Kier molecular flexibility index (Phi) is 3.43. The van der Waals surface area contributed by atoms with E-state index in [0.29, 0.717) is 22.9 Å². The van der Waals surface area contributed by atoms with Crippen LogP contribution in [0.2, 0.25) is 0 Å². The van der Waals surface area contributed by atoms with Gasteiger partial charge in [0.05, 0.1) is 12.8 Å². The molecular weight excluding hydrogens is 274 g/mol. The van der Waals surface area contributed by atoms with E-state index in [2.05, 4.69) is 20.9 Å². The molecule has 0 atom stereocenters. The average molecular weight is 286 g/mol. The average Bonchev–Trinajstić information content (AvgIpc) is 2.17. The van der Waals surface area contributed by atoms with E-state index in [1.165, 1.54) is 31.5 Å². The summed E-state index contributed by atoms with van der Waals surface area (Å²) in [6, 6.07) is 1.46. The molecule has 1 heterocycles. The van der Waals surface area contributed by atoms with Crippen LogP contribution in [-0.2, 0) is 0 Å². The van der Waals surface area contributed by atoms with E-state index in [1.54, 1.807) is 0 Å². The van der Waals surface area contributed by atoms with Crippen molar-refractivity contribution >= 4 is 21.9 Å². The van der Waals surface area contributed by atoms with Gasteiger partial charge in [0.25, 0.3) is 0 Å². The van der Waals surface area contributed by atoms with Gasteiger partial charge in [0, 0.05) is 0 Å². The lowest BCUT2D eigenvalue weighted by Gasteiger charge is -2.25. The highest BCUT2D eigenvalue weighted by molar-refractivity contribution is 9.10. The first-order valence-corrected chi connectivity index (χ1v) is 5.98. The molecule has 1 saturated carbocycles. The summed E-state index contributed by atoms with van der Waals surface area (Å²) in [6.07, 6.45) is 5.04. The van der Waals surface area contributed by atoms with Crippen LogP contribution in [-0.4, -0.2) is 22.7 Å². The first kappa shape index (κ1) is 11.4. The molecule has 4 nitrogen and oxygen atoms in total. The minimum Gasteiger partial charge on any atom is -0.491 e. The first-order chi connectivity index (χ1) is 7.66. The van der Waals surface area contributed by atoms with Crippen LogP contribution in [0.5, 0.6) is 5.75 Å². The normalized spacial score (nSPS) is 15.6. The number of halogens is 1. The molecule has 2 rings (SSSR count). The van der Waals surface area contributed by atoms with Crippen LogP contribution in [0.25, 0.3) is 0 Å². The molecular formula is C11H12BrNO3. The second-order valence-electron chi connectivity index (χ2n) is 3.92. The lowest BCUT2D eigenvalue weighted by Crippen LogP contribution is -2.20. The number of carboxylic acids is 1. The van der Waals surface area contributed by atoms with Crippen LogP contribution < -0.4 is 4.74 Å². The van der Waals surface area contributed by atoms with Crippen molar-refractivity contribution in [3.05, 3.63) is 22.4 Å². The lowest BCUT2D eigenvalue weighted by molar-refractivity contribution is 0.0689. The Morgan fingerprint density at radius 2 is 2.38 bits per heavy atom. The zero-order valence-corrected chi connectivity index (χ0v) is 10.2. The van der Waals surface area contributed by atoms with E-state index in [-0.39, 0.29) is 5.56 Å². The number of aromatic carboxylic acids is 1. The van der Waals surface area contributed by atoms with Gasteiger partial charge in [-0.1, -0.05) is 6.42 Å². The van der Waals surface area contributed by atoms with E-state index in [1.807, 2.05) is 0 Å². The van der Waals surface area contributed by atoms with Crippen LogP contribution in [0.4, 0.5) is 0 Å². The van der Waals surface area contributed by atoms with E-state index in [4.69, 9.17) is 9.84 Å². The smallest absolute Gasteiger partial charge is 0.339 e. The van der Waals surface area contributed by atoms with E-state index in [0.717, 1.165) is 0 Å². The van der Waals surface area contributed by atoms with Crippen LogP contribution >= 0.6 is 15.9 Å². The Morgan fingerprint density at radius 3 is 2.94 bits per heavy atom. The predicted molar refractivity (Wildman–Crippen MR) is 61.7 cm³/mol. The second kappa shape index (κ2) is 4.82. The van der Waals surface area contributed by atoms with Gasteiger partial charge < -0.3 is 9.84 Å². The zero-order valence-electron chi connectivity index (χ0n) is 8.65.